The molecule has 0 fully saturated rings. The van der Waals surface area contributed by atoms with E-state index in [9.17, 15) is 4.79 Å². The molecule has 0 aliphatic rings. The lowest BCUT2D eigenvalue weighted by Gasteiger charge is -2.11. The zero-order chi connectivity index (χ0) is 21.6. The van der Waals surface area contributed by atoms with Crippen molar-refractivity contribution in [1.29, 1.82) is 0 Å². The highest BCUT2D eigenvalue weighted by molar-refractivity contribution is 7.12. The SMILES string of the molecule is CN(C)CCOCCCNc1ncccc1C(=O)c1cccs1.O=C(O)C(=O)O. The maximum atomic E-state index is 12.5. The van der Waals surface area contributed by atoms with Gasteiger partial charge in [0.2, 0.25) is 5.78 Å². The molecule has 29 heavy (non-hydrogen) atoms. The van der Waals surface area contributed by atoms with Gasteiger partial charge >= 0.3 is 11.9 Å². The number of likely N-dealkylation sites (N-methyl/N-ethyl adjacent to an activating group) is 1. The third kappa shape index (κ3) is 9.79. The second-order valence-corrected chi connectivity index (χ2v) is 6.96. The van der Waals surface area contributed by atoms with Gasteiger partial charge < -0.3 is 25.2 Å². The van der Waals surface area contributed by atoms with Crippen molar-refractivity contribution in [3.05, 3.63) is 46.3 Å². The summed E-state index contributed by atoms with van der Waals surface area (Å²) in [4.78, 5) is 37.8. The maximum absolute atomic E-state index is 12.5. The van der Waals surface area contributed by atoms with Crippen LogP contribution in [0.4, 0.5) is 5.82 Å². The van der Waals surface area contributed by atoms with Crippen molar-refractivity contribution >= 4 is 34.9 Å². The van der Waals surface area contributed by atoms with Crippen LogP contribution in [-0.2, 0) is 14.3 Å². The van der Waals surface area contributed by atoms with Crippen LogP contribution in [0, 0.1) is 0 Å². The molecular weight excluding hydrogens is 398 g/mol. The number of nitrogens with zero attached hydrogens (tertiary/aromatic N) is 2. The molecule has 2 aromatic rings. The molecule has 0 atom stereocenters. The first-order valence-electron chi connectivity index (χ1n) is 8.78. The van der Waals surface area contributed by atoms with E-state index in [1.807, 2.05) is 37.7 Å². The van der Waals surface area contributed by atoms with E-state index in [2.05, 4.69) is 15.2 Å². The van der Waals surface area contributed by atoms with E-state index in [1.165, 1.54) is 11.3 Å². The molecule has 0 radical (unpaired) electrons. The van der Waals surface area contributed by atoms with Gasteiger partial charge in [-0.25, -0.2) is 14.6 Å². The van der Waals surface area contributed by atoms with Gasteiger partial charge in [-0.3, -0.25) is 4.79 Å². The number of carbonyl (C=O) groups is 3. The predicted molar refractivity (Wildman–Crippen MR) is 110 cm³/mol. The summed E-state index contributed by atoms with van der Waals surface area (Å²) >= 11 is 1.45. The van der Waals surface area contributed by atoms with Crippen LogP contribution in [0.2, 0.25) is 0 Å². The van der Waals surface area contributed by atoms with Crippen LogP contribution in [0.25, 0.3) is 0 Å². The minimum Gasteiger partial charge on any atom is -0.473 e. The van der Waals surface area contributed by atoms with E-state index in [0.29, 0.717) is 18.0 Å². The van der Waals surface area contributed by atoms with Gasteiger partial charge in [0.15, 0.2) is 0 Å². The number of anilines is 1. The smallest absolute Gasteiger partial charge is 0.414 e. The molecule has 2 heterocycles. The second-order valence-electron chi connectivity index (χ2n) is 6.01. The van der Waals surface area contributed by atoms with E-state index < -0.39 is 11.9 Å². The first-order chi connectivity index (χ1) is 13.8. The van der Waals surface area contributed by atoms with Crippen molar-refractivity contribution in [2.45, 2.75) is 6.42 Å². The van der Waals surface area contributed by atoms with Gasteiger partial charge in [0.25, 0.3) is 0 Å². The monoisotopic (exact) mass is 423 g/mol. The average Bonchev–Trinajstić information content (AvgIpc) is 3.22. The molecule has 3 N–H and O–H groups in total. The highest BCUT2D eigenvalue weighted by Crippen LogP contribution is 2.19. The predicted octanol–water partition coefficient (Wildman–Crippen LogP) is 1.91. The lowest BCUT2D eigenvalue weighted by atomic mass is 10.1. The highest BCUT2D eigenvalue weighted by Gasteiger charge is 2.14. The van der Waals surface area contributed by atoms with E-state index >= 15 is 0 Å². The van der Waals surface area contributed by atoms with Gasteiger partial charge in [-0.15, -0.1) is 11.3 Å². The Morgan fingerprint density at radius 1 is 1.14 bits per heavy atom. The molecule has 2 rings (SSSR count). The van der Waals surface area contributed by atoms with E-state index in [1.54, 1.807) is 12.3 Å². The fourth-order valence-corrected chi connectivity index (χ4v) is 2.68. The molecule has 0 unspecified atom stereocenters. The van der Waals surface area contributed by atoms with Crippen LogP contribution in [-0.4, -0.2) is 78.2 Å². The molecule has 0 aliphatic heterocycles. The summed E-state index contributed by atoms with van der Waals surface area (Å²) in [6.45, 7) is 3.08. The van der Waals surface area contributed by atoms with E-state index in [-0.39, 0.29) is 5.78 Å². The number of carbonyl (C=O) groups excluding carboxylic acids is 1. The molecule has 0 amide bonds. The van der Waals surface area contributed by atoms with Gasteiger partial charge in [0, 0.05) is 25.9 Å². The average molecular weight is 423 g/mol. The molecule has 9 nitrogen and oxygen atoms in total. The Morgan fingerprint density at radius 2 is 1.86 bits per heavy atom. The quantitative estimate of drug-likeness (QED) is 0.298. The number of rotatable bonds is 10. The highest BCUT2D eigenvalue weighted by atomic mass is 32.1. The van der Waals surface area contributed by atoms with Crippen LogP contribution in [0.3, 0.4) is 0 Å². The molecule has 0 spiro atoms. The lowest BCUT2D eigenvalue weighted by molar-refractivity contribution is -0.159. The Balaban J connectivity index is 0.000000612. The Labute approximate surface area is 173 Å². The Morgan fingerprint density at radius 3 is 2.45 bits per heavy atom. The molecule has 0 bridgehead atoms. The van der Waals surface area contributed by atoms with Gasteiger partial charge in [0.05, 0.1) is 17.0 Å². The molecule has 0 aromatic carbocycles. The molecule has 0 saturated heterocycles. The molecule has 0 saturated carbocycles. The van der Waals surface area contributed by atoms with Crippen molar-refractivity contribution in [2.24, 2.45) is 0 Å². The summed E-state index contributed by atoms with van der Waals surface area (Å²) in [6, 6.07) is 7.32. The number of ketones is 1. The third-order valence-corrected chi connectivity index (χ3v) is 4.29. The number of aromatic nitrogens is 1. The molecule has 0 aliphatic carbocycles. The zero-order valence-electron chi connectivity index (χ0n) is 16.3. The number of thiophene rings is 1. The topological polar surface area (TPSA) is 129 Å². The molecule has 2 aromatic heterocycles. The Kier molecular flexibility index (Phi) is 11.2. The van der Waals surface area contributed by atoms with Crippen molar-refractivity contribution in [3.63, 3.8) is 0 Å². The molecular formula is C19H25N3O6S. The first kappa shape index (κ1) is 24.2. The summed E-state index contributed by atoms with van der Waals surface area (Å²) in [6.07, 6.45) is 2.57. The van der Waals surface area contributed by atoms with Crippen molar-refractivity contribution in [2.75, 3.05) is 45.7 Å². The van der Waals surface area contributed by atoms with E-state index in [4.69, 9.17) is 24.5 Å². The minimum atomic E-state index is -1.82. The minimum absolute atomic E-state index is 0.0119. The lowest BCUT2D eigenvalue weighted by Crippen LogP contribution is -2.19. The number of pyridine rings is 1. The normalized spacial score (nSPS) is 10.2. The Hall–Kier alpha value is -2.82. The second kappa shape index (κ2) is 13.4. The summed E-state index contributed by atoms with van der Waals surface area (Å²) < 4.78 is 5.55. The number of carboxylic acid groups (broad SMARTS) is 2. The van der Waals surface area contributed by atoms with Gasteiger partial charge in [0.1, 0.15) is 5.82 Å². The number of hydrogen-bond acceptors (Lipinski definition) is 8. The summed E-state index contributed by atoms with van der Waals surface area (Å²) in [5, 5.41) is 19.9. The number of nitrogens with one attached hydrogen (secondary N) is 1. The Bertz CT molecular complexity index is 768. The first-order valence-corrected chi connectivity index (χ1v) is 9.66. The third-order valence-electron chi connectivity index (χ3n) is 3.42. The van der Waals surface area contributed by atoms with Gasteiger partial charge in [-0.05, 0) is 44.1 Å². The van der Waals surface area contributed by atoms with Gasteiger partial charge in [-0.2, -0.15) is 0 Å². The number of hydrogen-bond donors (Lipinski definition) is 3. The van der Waals surface area contributed by atoms with Crippen LogP contribution in [0.1, 0.15) is 21.7 Å². The number of ether oxygens (including phenoxy) is 1. The number of aliphatic carboxylic acids is 2. The summed E-state index contributed by atoms with van der Waals surface area (Å²) in [7, 11) is 4.05. The fourth-order valence-electron chi connectivity index (χ4n) is 2.00. The maximum Gasteiger partial charge on any atom is 0.414 e. The van der Waals surface area contributed by atoms with Crippen LogP contribution in [0.5, 0.6) is 0 Å². The van der Waals surface area contributed by atoms with Crippen molar-refractivity contribution in [1.82, 2.24) is 9.88 Å². The van der Waals surface area contributed by atoms with Crippen LogP contribution >= 0.6 is 11.3 Å². The fraction of sp³-hybridized carbons (Fsp3) is 0.368. The van der Waals surface area contributed by atoms with Gasteiger partial charge in [-0.1, -0.05) is 6.07 Å². The summed E-state index contributed by atoms with van der Waals surface area (Å²) in [5.41, 5.74) is 0.614. The standard InChI is InChI=1S/C17H23N3O2S.C2H2O4/c1-20(2)10-12-22-11-5-9-19-17-14(6-3-8-18-17)16(21)15-7-4-13-23-15;3-1(4)2(5)6/h3-4,6-8,13H,5,9-12H2,1-2H3,(H,18,19);(H,3,4)(H,5,6). The largest absolute Gasteiger partial charge is 0.473 e. The molecule has 10 heteroatoms. The number of carboxylic acids is 2. The van der Waals surface area contributed by atoms with E-state index in [0.717, 1.165) is 31.0 Å². The zero-order valence-corrected chi connectivity index (χ0v) is 17.1. The summed E-state index contributed by atoms with van der Waals surface area (Å²) in [5.74, 6) is -3.00. The molecule has 158 valence electrons. The van der Waals surface area contributed by atoms with Crippen molar-refractivity contribution < 1.29 is 29.3 Å². The van der Waals surface area contributed by atoms with Crippen LogP contribution in [0.15, 0.2) is 35.8 Å². The van der Waals surface area contributed by atoms with Crippen LogP contribution < -0.4 is 5.32 Å². The van der Waals surface area contributed by atoms with Crippen molar-refractivity contribution in [3.8, 4) is 0 Å².